The highest BCUT2D eigenvalue weighted by molar-refractivity contribution is 6.07. The molecule has 0 saturated carbocycles. The van der Waals surface area contributed by atoms with E-state index in [9.17, 15) is 19.1 Å². The first kappa shape index (κ1) is 12.9. The summed E-state index contributed by atoms with van der Waals surface area (Å²) in [5.41, 5.74) is 0.323. The fourth-order valence-corrected chi connectivity index (χ4v) is 1.84. The van der Waals surface area contributed by atoms with Gasteiger partial charge in [0.2, 0.25) is 0 Å². The van der Waals surface area contributed by atoms with Crippen molar-refractivity contribution in [2.75, 3.05) is 0 Å². The van der Waals surface area contributed by atoms with Crippen LogP contribution < -0.4 is 0 Å². The van der Waals surface area contributed by atoms with Gasteiger partial charge in [-0.2, -0.15) is 0 Å². The Hall–Kier alpha value is -2.56. The van der Waals surface area contributed by atoms with Crippen molar-refractivity contribution in [3.8, 4) is 11.1 Å². The van der Waals surface area contributed by atoms with Gasteiger partial charge in [-0.15, -0.1) is 0 Å². The fraction of sp³-hybridized carbons (Fsp3) is 0.0714. The van der Waals surface area contributed by atoms with E-state index >= 15 is 0 Å². The SMILES string of the molecule is CC(=O)c1nccc(-c2cccc(F)c2)c1C(=O)O. The molecule has 1 heterocycles. The highest BCUT2D eigenvalue weighted by Gasteiger charge is 2.20. The molecular formula is C14H10FNO3. The molecule has 1 aromatic carbocycles. The molecular weight excluding hydrogens is 249 g/mol. The number of nitrogens with zero attached hydrogens (tertiary/aromatic N) is 1. The lowest BCUT2D eigenvalue weighted by Crippen LogP contribution is -2.10. The zero-order valence-corrected chi connectivity index (χ0v) is 10.1. The number of aromatic nitrogens is 1. The molecule has 19 heavy (non-hydrogen) atoms. The quantitative estimate of drug-likeness (QED) is 0.860. The molecule has 0 atom stereocenters. The molecule has 2 rings (SSSR count). The monoisotopic (exact) mass is 259 g/mol. The van der Waals surface area contributed by atoms with Crippen LogP contribution in [0.15, 0.2) is 36.5 Å². The molecule has 0 unspecified atom stereocenters. The molecule has 0 fully saturated rings. The number of halogens is 1. The highest BCUT2D eigenvalue weighted by atomic mass is 19.1. The number of benzene rings is 1. The van der Waals surface area contributed by atoms with Crippen LogP contribution in [-0.4, -0.2) is 21.8 Å². The summed E-state index contributed by atoms with van der Waals surface area (Å²) in [5, 5.41) is 9.24. The summed E-state index contributed by atoms with van der Waals surface area (Å²) in [6.07, 6.45) is 1.34. The molecule has 0 aliphatic rings. The number of carbonyl (C=O) groups is 2. The predicted molar refractivity (Wildman–Crippen MR) is 66.6 cm³/mol. The Labute approximate surface area is 108 Å². The van der Waals surface area contributed by atoms with Gasteiger partial charge in [-0.05, 0) is 23.8 Å². The van der Waals surface area contributed by atoms with Crippen molar-refractivity contribution in [3.63, 3.8) is 0 Å². The fourth-order valence-electron chi connectivity index (χ4n) is 1.84. The van der Waals surface area contributed by atoms with E-state index in [4.69, 9.17) is 0 Å². The molecule has 0 amide bonds. The van der Waals surface area contributed by atoms with Gasteiger partial charge in [-0.3, -0.25) is 9.78 Å². The van der Waals surface area contributed by atoms with E-state index in [1.165, 1.54) is 37.4 Å². The number of rotatable bonds is 3. The molecule has 0 spiro atoms. The molecule has 0 aliphatic carbocycles. The third-order valence-electron chi connectivity index (χ3n) is 2.63. The topological polar surface area (TPSA) is 67.3 Å². The van der Waals surface area contributed by atoms with Crippen molar-refractivity contribution in [3.05, 3.63) is 53.6 Å². The second-order valence-electron chi connectivity index (χ2n) is 3.95. The van der Waals surface area contributed by atoms with Gasteiger partial charge in [-0.1, -0.05) is 12.1 Å². The lowest BCUT2D eigenvalue weighted by atomic mass is 9.98. The van der Waals surface area contributed by atoms with E-state index in [0.29, 0.717) is 5.56 Å². The molecule has 4 nitrogen and oxygen atoms in total. The summed E-state index contributed by atoms with van der Waals surface area (Å²) in [7, 11) is 0. The van der Waals surface area contributed by atoms with Gasteiger partial charge in [-0.25, -0.2) is 9.18 Å². The number of hydrogen-bond donors (Lipinski definition) is 1. The molecule has 1 N–H and O–H groups in total. The summed E-state index contributed by atoms with van der Waals surface area (Å²) in [6, 6.07) is 6.98. The molecule has 0 radical (unpaired) electrons. The molecule has 96 valence electrons. The van der Waals surface area contributed by atoms with Crippen molar-refractivity contribution in [2.24, 2.45) is 0 Å². The zero-order chi connectivity index (χ0) is 14.0. The molecule has 0 aliphatic heterocycles. The van der Waals surface area contributed by atoms with Crippen LogP contribution in [0.1, 0.15) is 27.8 Å². The van der Waals surface area contributed by atoms with Crippen molar-refractivity contribution in [1.29, 1.82) is 0 Å². The summed E-state index contributed by atoms with van der Waals surface area (Å²) in [5.74, 6) is -2.19. The Bertz CT molecular complexity index is 667. The van der Waals surface area contributed by atoms with E-state index in [2.05, 4.69) is 4.98 Å². The average Bonchev–Trinajstić information content (AvgIpc) is 2.37. The number of Topliss-reactive ketones (excluding diaryl/α,β-unsaturated/α-hetero) is 1. The third-order valence-corrected chi connectivity index (χ3v) is 2.63. The van der Waals surface area contributed by atoms with Crippen LogP contribution in [0, 0.1) is 5.82 Å². The van der Waals surface area contributed by atoms with Crippen LogP contribution >= 0.6 is 0 Å². The van der Waals surface area contributed by atoms with Gasteiger partial charge in [0.05, 0.1) is 5.56 Å². The van der Waals surface area contributed by atoms with Crippen molar-refractivity contribution in [1.82, 2.24) is 4.98 Å². The Kier molecular flexibility index (Phi) is 3.37. The van der Waals surface area contributed by atoms with Gasteiger partial charge in [0, 0.05) is 18.7 Å². The number of hydrogen-bond acceptors (Lipinski definition) is 3. The van der Waals surface area contributed by atoms with E-state index in [0.717, 1.165) is 0 Å². The maximum absolute atomic E-state index is 13.2. The minimum atomic E-state index is -1.27. The number of ketones is 1. The van der Waals surface area contributed by atoms with Gasteiger partial charge in [0.1, 0.15) is 11.5 Å². The van der Waals surface area contributed by atoms with Crippen LogP contribution in [0.5, 0.6) is 0 Å². The predicted octanol–water partition coefficient (Wildman–Crippen LogP) is 2.79. The van der Waals surface area contributed by atoms with Crippen LogP contribution in [0.3, 0.4) is 0 Å². The zero-order valence-electron chi connectivity index (χ0n) is 10.1. The van der Waals surface area contributed by atoms with E-state index in [1.54, 1.807) is 6.07 Å². The first-order valence-electron chi connectivity index (χ1n) is 5.50. The number of carboxylic acid groups (broad SMARTS) is 1. The minimum absolute atomic E-state index is 0.130. The summed E-state index contributed by atoms with van der Waals surface area (Å²) in [4.78, 5) is 26.5. The second kappa shape index (κ2) is 4.97. The van der Waals surface area contributed by atoms with Gasteiger partial charge < -0.3 is 5.11 Å². The van der Waals surface area contributed by atoms with Gasteiger partial charge in [0.15, 0.2) is 5.78 Å². The van der Waals surface area contributed by atoms with Crippen molar-refractivity contribution in [2.45, 2.75) is 6.92 Å². The normalized spacial score (nSPS) is 10.2. The lowest BCUT2D eigenvalue weighted by Gasteiger charge is -2.09. The second-order valence-corrected chi connectivity index (χ2v) is 3.95. The molecule has 2 aromatic rings. The summed E-state index contributed by atoms with van der Waals surface area (Å²) in [6.45, 7) is 1.24. The minimum Gasteiger partial charge on any atom is -0.478 e. The van der Waals surface area contributed by atoms with Gasteiger partial charge in [0.25, 0.3) is 0 Å². The number of pyridine rings is 1. The third kappa shape index (κ3) is 2.49. The summed E-state index contributed by atoms with van der Waals surface area (Å²) >= 11 is 0. The molecule has 0 saturated heterocycles. The van der Waals surface area contributed by atoms with Gasteiger partial charge >= 0.3 is 5.97 Å². The maximum Gasteiger partial charge on any atom is 0.338 e. The Morgan fingerprint density at radius 2 is 2.00 bits per heavy atom. The van der Waals surface area contributed by atoms with E-state index in [1.807, 2.05) is 0 Å². The lowest BCUT2D eigenvalue weighted by molar-refractivity contribution is 0.0692. The van der Waals surface area contributed by atoms with Crippen molar-refractivity contribution >= 4 is 11.8 Å². The standard InChI is InChI=1S/C14H10FNO3/c1-8(17)13-12(14(18)19)11(5-6-16-13)9-3-2-4-10(15)7-9/h2-7H,1H3,(H,18,19). The maximum atomic E-state index is 13.2. The molecule has 0 bridgehead atoms. The summed E-state index contributed by atoms with van der Waals surface area (Å²) < 4.78 is 13.2. The smallest absolute Gasteiger partial charge is 0.338 e. The van der Waals surface area contributed by atoms with Crippen LogP contribution in [-0.2, 0) is 0 Å². The number of carboxylic acids is 1. The molecule has 1 aromatic heterocycles. The van der Waals surface area contributed by atoms with Crippen LogP contribution in [0.2, 0.25) is 0 Å². The Balaban J connectivity index is 2.73. The van der Waals surface area contributed by atoms with Crippen LogP contribution in [0.25, 0.3) is 11.1 Å². The van der Waals surface area contributed by atoms with E-state index < -0.39 is 17.6 Å². The van der Waals surface area contributed by atoms with Crippen LogP contribution in [0.4, 0.5) is 4.39 Å². The largest absolute Gasteiger partial charge is 0.478 e. The average molecular weight is 259 g/mol. The number of aromatic carboxylic acids is 1. The Morgan fingerprint density at radius 1 is 1.26 bits per heavy atom. The highest BCUT2D eigenvalue weighted by Crippen LogP contribution is 2.26. The first-order chi connectivity index (χ1) is 9.00. The Morgan fingerprint density at radius 3 is 2.58 bits per heavy atom. The molecule has 5 heteroatoms. The number of carbonyl (C=O) groups excluding carboxylic acids is 1. The first-order valence-corrected chi connectivity index (χ1v) is 5.50. The van der Waals surface area contributed by atoms with E-state index in [-0.39, 0.29) is 16.8 Å². The van der Waals surface area contributed by atoms with Crippen molar-refractivity contribution < 1.29 is 19.1 Å².